The van der Waals surface area contributed by atoms with Crippen molar-refractivity contribution < 1.29 is 12.8 Å². The van der Waals surface area contributed by atoms with Crippen molar-refractivity contribution >= 4 is 21.6 Å². The lowest BCUT2D eigenvalue weighted by Gasteiger charge is -2.14. The second kappa shape index (κ2) is 5.87. The smallest absolute Gasteiger partial charge is 0.242 e. The molecule has 0 saturated heterocycles. The summed E-state index contributed by atoms with van der Waals surface area (Å²) >= 11 is 5.62. The van der Waals surface area contributed by atoms with E-state index in [0.29, 0.717) is 5.56 Å². The van der Waals surface area contributed by atoms with Crippen LogP contribution in [0.3, 0.4) is 0 Å². The van der Waals surface area contributed by atoms with Crippen LogP contribution >= 0.6 is 11.6 Å². The topological polar surface area (TPSA) is 59.1 Å². The molecule has 0 saturated carbocycles. The van der Waals surface area contributed by atoms with Crippen molar-refractivity contribution in [2.75, 3.05) is 0 Å². The van der Waals surface area contributed by atoms with E-state index in [1.165, 1.54) is 42.6 Å². The minimum Gasteiger partial charge on any atom is -0.243 e. The van der Waals surface area contributed by atoms with E-state index in [1.807, 2.05) is 0 Å². The van der Waals surface area contributed by atoms with E-state index in [0.717, 1.165) is 0 Å². The molecular weight excluding hydrogens is 303 g/mol. The van der Waals surface area contributed by atoms with Crippen molar-refractivity contribution in [3.05, 3.63) is 59.1 Å². The molecule has 1 aromatic carbocycles. The molecule has 1 N–H and O–H groups in total. The van der Waals surface area contributed by atoms with E-state index in [2.05, 4.69) is 9.71 Å². The van der Waals surface area contributed by atoms with Gasteiger partial charge in [-0.25, -0.2) is 22.5 Å². The van der Waals surface area contributed by atoms with Crippen molar-refractivity contribution in [2.45, 2.75) is 17.9 Å². The summed E-state index contributed by atoms with van der Waals surface area (Å²) in [6.45, 7) is 1.67. The zero-order valence-corrected chi connectivity index (χ0v) is 12.1. The van der Waals surface area contributed by atoms with Crippen LogP contribution in [0.4, 0.5) is 4.39 Å². The third kappa shape index (κ3) is 3.53. The van der Waals surface area contributed by atoms with Crippen LogP contribution in [0, 0.1) is 5.82 Å². The maximum absolute atomic E-state index is 12.8. The Hall–Kier alpha value is -1.50. The summed E-state index contributed by atoms with van der Waals surface area (Å²) in [6.07, 6.45) is 1.18. The summed E-state index contributed by atoms with van der Waals surface area (Å²) in [5.74, 6) is -0.370. The summed E-state index contributed by atoms with van der Waals surface area (Å²) in [5.41, 5.74) is 0.664. The van der Waals surface area contributed by atoms with Crippen molar-refractivity contribution in [2.24, 2.45) is 0 Å². The molecule has 2 aromatic rings. The van der Waals surface area contributed by atoms with E-state index in [-0.39, 0.29) is 15.9 Å². The number of hydrogen-bond acceptors (Lipinski definition) is 3. The highest BCUT2D eigenvalue weighted by atomic mass is 35.5. The van der Waals surface area contributed by atoms with E-state index in [9.17, 15) is 12.8 Å². The molecule has 7 heteroatoms. The van der Waals surface area contributed by atoms with Gasteiger partial charge in [-0.15, -0.1) is 0 Å². The Bertz CT molecular complexity index is 687. The Balaban J connectivity index is 2.19. The van der Waals surface area contributed by atoms with Crippen LogP contribution in [0.5, 0.6) is 0 Å². The molecule has 4 nitrogen and oxygen atoms in total. The lowest BCUT2D eigenvalue weighted by molar-refractivity contribution is 0.566. The number of sulfonamides is 1. The third-order valence-electron chi connectivity index (χ3n) is 2.71. The first-order valence-electron chi connectivity index (χ1n) is 5.78. The van der Waals surface area contributed by atoms with Crippen molar-refractivity contribution in [1.82, 2.24) is 9.71 Å². The summed E-state index contributed by atoms with van der Waals surface area (Å²) in [6, 6.07) is 7.91. The number of nitrogens with zero attached hydrogens (tertiary/aromatic N) is 1. The average molecular weight is 315 g/mol. The van der Waals surface area contributed by atoms with Gasteiger partial charge >= 0.3 is 0 Å². The Labute approximate surface area is 121 Å². The molecule has 1 aromatic heterocycles. The summed E-state index contributed by atoms with van der Waals surface area (Å²) in [4.78, 5) is 3.76. The maximum Gasteiger partial charge on any atom is 0.242 e. The van der Waals surface area contributed by atoms with E-state index in [1.54, 1.807) is 6.92 Å². The molecule has 1 heterocycles. The van der Waals surface area contributed by atoms with Gasteiger partial charge in [0.2, 0.25) is 10.0 Å². The molecule has 0 amide bonds. The summed E-state index contributed by atoms with van der Waals surface area (Å²) in [5, 5.41) is 0.218. The molecule has 20 heavy (non-hydrogen) atoms. The van der Waals surface area contributed by atoms with Gasteiger partial charge < -0.3 is 0 Å². The average Bonchev–Trinajstić information content (AvgIpc) is 2.39. The highest BCUT2D eigenvalue weighted by molar-refractivity contribution is 7.89. The Morgan fingerprint density at radius 3 is 2.40 bits per heavy atom. The third-order valence-corrected chi connectivity index (χ3v) is 4.46. The van der Waals surface area contributed by atoms with Crippen LogP contribution in [0.2, 0.25) is 5.15 Å². The number of aromatic nitrogens is 1. The molecule has 1 atom stereocenters. The van der Waals surface area contributed by atoms with Gasteiger partial charge in [-0.1, -0.05) is 23.7 Å². The normalized spacial score (nSPS) is 13.2. The second-order valence-electron chi connectivity index (χ2n) is 4.21. The van der Waals surface area contributed by atoms with Crippen LogP contribution in [-0.4, -0.2) is 13.4 Å². The van der Waals surface area contributed by atoms with Crippen LogP contribution in [0.15, 0.2) is 47.5 Å². The highest BCUT2D eigenvalue weighted by Gasteiger charge is 2.18. The second-order valence-corrected chi connectivity index (χ2v) is 6.31. The minimum absolute atomic E-state index is 0.0239. The minimum atomic E-state index is -3.70. The van der Waals surface area contributed by atoms with Gasteiger partial charge in [0.1, 0.15) is 15.9 Å². The van der Waals surface area contributed by atoms with Crippen molar-refractivity contribution in [3.63, 3.8) is 0 Å². The van der Waals surface area contributed by atoms with E-state index < -0.39 is 16.1 Å². The molecule has 0 spiro atoms. The SMILES string of the molecule is C[C@H](NS(=O)(=O)c1ccc(Cl)nc1)c1ccc(F)cc1. The van der Waals surface area contributed by atoms with Crippen LogP contribution < -0.4 is 4.72 Å². The summed E-state index contributed by atoms with van der Waals surface area (Å²) in [7, 11) is -3.70. The molecule has 0 aliphatic heterocycles. The van der Waals surface area contributed by atoms with Crippen molar-refractivity contribution in [3.8, 4) is 0 Å². The number of hydrogen-bond donors (Lipinski definition) is 1. The Morgan fingerprint density at radius 2 is 1.85 bits per heavy atom. The first kappa shape index (κ1) is 14.9. The molecule has 0 fully saturated rings. The lowest BCUT2D eigenvalue weighted by Crippen LogP contribution is -2.27. The fraction of sp³-hybridized carbons (Fsp3) is 0.154. The first-order valence-corrected chi connectivity index (χ1v) is 7.64. The lowest BCUT2D eigenvalue weighted by atomic mass is 10.1. The number of benzene rings is 1. The van der Waals surface area contributed by atoms with E-state index in [4.69, 9.17) is 11.6 Å². The van der Waals surface area contributed by atoms with Crippen molar-refractivity contribution in [1.29, 1.82) is 0 Å². The number of pyridine rings is 1. The predicted octanol–water partition coefficient (Wildman–Crippen LogP) is 2.91. The standard InChI is InChI=1S/C13H12ClFN2O2S/c1-9(10-2-4-11(15)5-3-10)17-20(18,19)12-6-7-13(14)16-8-12/h2-9,17H,1H3/t9-/m0/s1. The van der Waals surface area contributed by atoms with Gasteiger partial charge in [0.25, 0.3) is 0 Å². The van der Waals surface area contributed by atoms with Crippen LogP contribution in [0.1, 0.15) is 18.5 Å². The zero-order valence-electron chi connectivity index (χ0n) is 10.5. The molecule has 0 bridgehead atoms. The summed E-state index contributed by atoms with van der Waals surface area (Å²) < 4.78 is 39.6. The molecule has 0 aliphatic carbocycles. The molecule has 0 aliphatic rings. The molecule has 106 valence electrons. The predicted molar refractivity (Wildman–Crippen MR) is 74.4 cm³/mol. The van der Waals surface area contributed by atoms with Gasteiger partial charge in [0, 0.05) is 12.2 Å². The molecule has 0 radical (unpaired) electrons. The van der Waals surface area contributed by atoms with Gasteiger partial charge in [-0.3, -0.25) is 0 Å². The zero-order chi connectivity index (χ0) is 14.8. The van der Waals surface area contributed by atoms with Gasteiger partial charge in [0.05, 0.1) is 0 Å². The fourth-order valence-corrected chi connectivity index (χ4v) is 2.93. The first-order chi connectivity index (χ1) is 9.38. The Kier molecular flexibility index (Phi) is 4.37. The molecular formula is C13H12ClFN2O2S. The molecule has 2 rings (SSSR count). The number of nitrogens with one attached hydrogen (secondary N) is 1. The maximum atomic E-state index is 12.8. The van der Waals surface area contributed by atoms with E-state index >= 15 is 0 Å². The monoisotopic (exact) mass is 314 g/mol. The number of rotatable bonds is 4. The number of halogens is 2. The quantitative estimate of drug-likeness (QED) is 0.883. The van der Waals surface area contributed by atoms with Gasteiger partial charge in [-0.05, 0) is 36.8 Å². The molecule has 0 unspecified atom stereocenters. The largest absolute Gasteiger partial charge is 0.243 e. The van der Waals surface area contributed by atoms with Crippen LogP contribution in [0.25, 0.3) is 0 Å². The van der Waals surface area contributed by atoms with Gasteiger partial charge in [-0.2, -0.15) is 0 Å². The Morgan fingerprint density at radius 1 is 1.20 bits per heavy atom. The van der Waals surface area contributed by atoms with Gasteiger partial charge in [0.15, 0.2) is 0 Å². The van der Waals surface area contributed by atoms with Crippen LogP contribution in [-0.2, 0) is 10.0 Å². The highest BCUT2D eigenvalue weighted by Crippen LogP contribution is 2.17. The fourth-order valence-electron chi connectivity index (χ4n) is 1.64.